The van der Waals surface area contributed by atoms with Gasteiger partial charge in [0.05, 0.1) is 17.1 Å². The average molecular weight is 382 g/mol. The van der Waals surface area contributed by atoms with Crippen molar-refractivity contribution >= 4 is 16.8 Å². The maximum absolute atomic E-state index is 13.4. The lowest BCUT2D eigenvalue weighted by Gasteiger charge is -2.34. The molecule has 150 valence electrons. The molecule has 5 nitrogen and oxygen atoms in total. The summed E-state index contributed by atoms with van der Waals surface area (Å²) in [6.07, 6.45) is 8.69. The Kier molecular flexibility index (Phi) is 4.79. The van der Waals surface area contributed by atoms with Crippen molar-refractivity contribution in [2.45, 2.75) is 45.1 Å². The van der Waals surface area contributed by atoms with Crippen LogP contribution in [0.25, 0.3) is 10.9 Å². The van der Waals surface area contributed by atoms with Crippen molar-refractivity contribution in [3.05, 3.63) is 30.0 Å². The van der Waals surface area contributed by atoms with E-state index in [4.69, 9.17) is 4.74 Å². The minimum absolute atomic E-state index is 0.181. The molecule has 0 spiro atoms. The molecule has 2 aromatic rings. The van der Waals surface area contributed by atoms with Crippen LogP contribution in [0.2, 0.25) is 0 Å². The first-order valence-electron chi connectivity index (χ1n) is 11.0. The first kappa shape index (κ1) is 18.0. The van der Waals surface area contributed by atoms with Gasteiger partial charge < -0.3 is 19.1 Å². The van der Waals surface area contributed by atoms with Gasteiger partial charge in [-0.15, -0.1) is 0 Å². The van der Waals surface area contributed by atoms with Crippen molar-refractivity contribution in [3.8, 4) is 5.75 Å². The highest BCUT2D eigenvalue weighted by atomic mass is 16.5. The fraction of sp³-hybridized carbons (Fsp3) is 0.609. The monoisotopic (exact) mass is 381 g/mol. The molecule has 1 aromatic carbocycles. The third-order valence-electron chi connectivity index (χ3n) is 7.11. The maximum Gasteiger partial charge on any atom is 0.256 e. The lowest BCUT2D eigenvalue weighted by Crippen LogP contribution is -2.48. The Morgan fingerprint density at radius 3 is 2.64 bits per heavy atom. The predicted octanol–water partition coefficient (Wildman–Crippen LogP) is 3.93. The van der Waals surface area contributed by atoms with Crippen molar-refractivity contribution in [2.75, 3.05) is 39.3 Å². The van der Waals surface area contributed by atoms with E-state index in [0.29, 0.717) is 12.0 Å². The number of hydrogen-bond donors (Lipinski definition) is 0. The van der Waals surface area contributed by atoms with Gasteiger partial charge in [0.2, 0.25) is 0 Å². The van der Waals surface area contributed by atoms with Crippen molar-refractivity contribution < 1.29 is 9.53 Å². The number of benzene rings is 1. The predicted molar refractivity (Wildman–Crippen MR) is 111 cm³/mol. The summed E-state index contributed by atoms with van der Waals surface area (Å²) >= 11 is 0. The first-order valence-corrected chi connectivity index (χ1v) is 11.0. The summed E-state index contributed by atoms with van der Waals surface area (Å²) in [7, 11) is 0. The average Bonchev–Trinajstić information content (AvgIpc) is 3.15. The minimum Gasteiger partial charge on any atom is -0.489 e. The number of ether oxygens (including phenoxy) is 1. The second kappa shape index (κ2) is 7.43. The van der Waals surface area contributed by atoms with Gasteiger partial charge in [0.15, 0.2) is 0 Å². The smallest absolute Gasteiger partial charge is 0.256 e. The molecule has 2 aliphatic heterocycles. The Hall–Kier alpha value is -2.01. The number of carbonyl (C=O) groups is 1. The van der Waals surface area contributed by atoms with Crippen LogP contribution in [-0.4, -0.2) is 59.6 Å². The largest absolute Gasteiger partial charge is 0.489 e. The number of nitrogens with zero attached hydrogens (tertiary/aromatic N) is 3. The Labute approximate surface area is 167 Å². The molecule has 0 bridgehead atoms. The summed E-state index contributed by atoms with van der Waals surface area (Å²) in [5, 5.41) is 1.06. The molecule has 1 atom stereocenters. The number of likely N-dealkylation sites (N-methyl/N-ethyl adjacent to an activating group) is 1. The van der Waals surface area contributed by atoms with Crippen molar-refractivity contribution in [3.63, 3.8) is 0 Å². The van der Waals surface area contributed by atoms with Gasteiger partial charge in [0.1, 0.15) is 12.4 Å². The quantitative estimate of drug-likeness (QED) is 0.808. The van der Waals surface area contributed by atoms with Crippen molar-refractivity contribution in [1.82, 2.24) is 14.4 Å². The highest BCUT2D eigenvalue weighted by molar-refractivity contribution is 6.08. The number of rotatable bonds is 3. The molecular formula is C23H31N3O2. The number of amides is 1. The molecule has 3 heterocycles. The van der Waals surface area contributed by atoms with Gasteiger partial charge in [0.25, 0.3) is 5.91 Å². The zero-order chi connectivity index (χ0) is 19.1. The van der Waals surface area contributed by atoms with E-state index >= 15 is 0 Å². The number of piperazine rings is 1. The van der Waals surface area contributed by atoms with E-state index in [9.17, 15) is 4.79 Å². The highest BCUT2D eigenvalue weighted by Gasteiger charge is 2.33. The molecule has 1 aromatic heterocycles. The van der Waals surface area contributed by atoms with Crippen LogP contribution in [0.1, 0.15) is 55.4 Å². The van der Waals surface area contributed by atoms with Gasteiger partial charge in [-0.05, 0) is 31.4 Å². The molecule has 5 rings (SSSR count). The summed E-state index contributed by atoms with van der Waals surface area (Å²) in [6.45, 7) is 7.57. The summed E-state index contributed by atoms with van der Waals surface area (Å²) in [6, 6.07) is 6.52. The van der Waals surface area contributed by atoms with Crippen LogP contribution in [0.4, 0.5) is 0 Å². The third kappa shape index (κ3) is 3.00. The number of carbonyl (C=O) groups excluding carboxylic acids is 1. The van der Waals surface area contributed by atoms with Crippen LogP contribution in [0.15, 0.2) is 24.4 Å². The van der Waals surface area contributed by atoms with E-state index in [0.717, 1.165) is 61.5 Å². The van der Waals surface area contributed by atoms with E-state index in [1.807, 2.05) is 17.0 Å². The summed E-state index contributed by atoms with van der Waals surface area (Å²) in [5.41, 5.74) is 1.98. The van der Waals surface area contributed by atoms with E-state index in [1.54, 1.807) is 0 Å². The fourth-order valence-corrected chi connectivity index (χ4v) is 5.40. The van der Waals surface area contributed by atoms with Gasteiger partial charge in [-0.25, -0.2) is 0 Å². The summed E-state index contributed by atoms with van der Waals surface area (Å²) in [5.74, 6) is 1.77. The molecule has 1 amide bonds. The fourth-order valence-electron chi connectivity index (χ4n) is 5.40. The van der Waals surface area contributed by atoms with Crippen molar-refractivity contribution in [2.24, 2.45) is 5.92 Å². The van der Waals surface area contributed by atoms with Crippen LogP contribution < -0.4 is 4.74 Å². The molecule has 1 unspecified atom stereocenters. The molecule has 1 saturated carbocycles. The molecule has 2 fully saturated rings. The lowest BCUT2D eigenvalue weighted by atomic mass is 9.83. The van der Waals surface area contributed by atoms with E-state index < -0.39 is 0 Å². The zero-order valence-electron chi connectivity index (χ0n) is 16.9. The van der Waals surface area contributed by atoms with Gasteiger partial charge in [-0.3, -0.25) is 4.79 Å². The lowest BCUT2D eigenvalue weighted by molar-refractivity contribution is 0.0644. The van der Waals surface area contributed by atoms with Gasteiger partial charge in [-0.2, -0.15) is 0 Å². The van der Waals surface area contributed by atoms with E-state index in [-0.39, 0.29) is 5.91 Å². The van der Waals surface area contributed by atoms with Crippen LogP contribution in [-0.2, 0) is 0 Å². The molecule has 28 heavy (non-hydrogen) atoms. The number of aromatic nitrogens is 1. The molecule has 5 heteroatoms. The van der Waals surface area contributed by atoms with Crippen LogP contribution >= 0.6 is 0 Å². The van der Waals surface area contributed by atoms with Crippen molar-refractivity contribution in [1.29, 1.82) is 0 Å². The van der Waals surface area contributed by atoms with Crippen LogP contribution in [0.5, 0.6) is 5.75 Å². The molecule has 1 saturated heterocycles. The topological polar surface area (TPSA) is 37.7 Å². The van der Waals surface area contributed by atoms with Gasteiger partial charge >= 0.3 is 0 Å². The van der Waals surface area contributed by atoms with Gasteiger partial charge in [0, 0.05) is 37.8 Å². The zero-order valence-corrected chi connectivity index (χ0v) is 16.9. The maximum atomic E-state index is 13.4. The SMILES string of the molecule is CCN1CCN(C(=O)c2cn3c4c(cccc24)OCC3C2CCCCC2)CC1. The summed E-state index contributed by atoms with van der Waals surface area (Å²) in [4.78, 5) is 17.8. The first-order chi connectivity index (χ1) is 13.8. The standard InChI is InChI=1S/C23H31N3O2/c1-2-24-11-13-25(14-12-24)23(27)19-15-26-20(17-7-4-3-5-8-17)16-28-21-10-6-9-18(19)22(21)26/h6,9-10,15,17,20H,2-5,7-8,11-14,16H2,1H3. The Balaban J connectivity index is 1.49. The highest BCUT2D eigenvalue weighted by Crippen LogP contribution is 2.42. The van der Waals surface area contributed by atoms with E-state index in [2.05, 4.69) is 28.7 Å². The van der Waals surface area contributed by atoms with Crippen LogP contribution in [0, 0.1) is 5.92 Å². The Morgan fingerprint density at radius 1 is 1.11 bits per heavy atom. The molecular weight excluding hydrogens is 350 g/mol. The van der Waals surface area contributed by atoms with Crippen LogP contribution in [0.3, 0.4) is 0 Å². The minimum atomic E-state index is 0.181. The summed E-state index contributed by atoms with van der Waals surface area (Å²) < 4.78 is 8.56. The number of hydrogen-bond acceptors (Lipinski definition) is 3. The normalized spacial score (nSPS) is 23.8. The second-order valence-corrected chi connectivity index (χ2v) is 8.61. The number of para-hydroxylation sites is 1. The van der Waals surface area contributed by atoms with Gasteiger partial charge in [-0.1, -0.05) is 38.3 Å². The molecule has 3 aliphatic rings. The molecule has 1 aliphatic carbocycles. The third-order valence-corrected chi connectivity index (χ3v) is 7.11. The Bertz CT molecular complexity index is 860. The second-order valence-electron chi connectivity index (χ2n) is 8.61. The Morgan fingerprint density at radius 2 is 1.89 bits per heavy atom. The van der Waals surface area contributed by atoms with E-state index in [1.165, 1.54) is 32.1 Å². The molecule has 0 radical (unpaired) electrons. The molecule has 0 N–H and O–H groups in total.